The van der Waals surface area contributed by atoms with Crippen LogP contribution in [-0.4, -0.2) is 21.8 Å². The number of hydrogen-bond acceptors (Lipinski definition) is 4. The summed E-state index contributed by atoms with van der Waals surface area (Å²) in [6.07, 6.45) is -0.840. The van der Waals surface area contributed by atoms with Crippen LogP contribution in [0.15, 0.2) is 59.4 Å². The Hall–Kier alpha value is -3.48. The molecule has 0 saturated heterocycles. The van der Waals surface area contributed by atoms with Crippen molar-refractivity contribution in [3.05, 3.63) is 81.9 Å². The molecule has 0 fully saturated rings. The Labute approximate surface area is 161 Å². The fourth-order valence-corrected chi connectivity index (χ4v) is 2.52. The van der Waals surface area contributed by atoms with E-state index >= 15 is 0 Å². The normalized spacial score (nSPS) is 11.7. The molecule has 1 atom stereocenters. The van der Waals surface area contributed by atoms with Crippen molar-refractivity contribution in [2.24, 2.45) is 0 Å². The van der Waals surface area contributed by atoms with Gasteiger partial charge in [0.05, 0.1) is 5.69 Å². The predicted octanol–water partition coefficient (Wildman–Crippen LogP) is 3.39. The number of nitrogens with one attached hydrogen (secondary N) is 1. The van der Waals surface area contributed by atoms with Crippen LogP contribution in [0.1, 0.15) is 18.1 Å². The lowest BCUT2D eigenvalue weighted by Gasteiger charge is -2.15. The molecule has 2 aromatic carbocycles. The molecular formula is C21H20FN3O3. The summed E-state index contributed by atoms with van der Waals surface area (Å²) in [6.45, 7) is 5.55. The van der Waals surface area contributed by atoms with Crippen molar-refractivity contribution >= 4 is 11.6 Å². The zero-order valence-electron chi connectivity index (χ0n) is 15.8. The molecule has 144 valence electrons. The van der Waals surface area contributed by atoms with Gasteiger partial charge in [0.25, 0.3) is 11.5 Å². The highest BCUT2D eigenvalue weighted by atomic mass is 19.1. The molecule has 1 amide bonds. The Bertz CT molecular complexity index is 1060. The summed E-state index contributed by atoms with van der Waals surface area (Å²) in [5.74, 6) is -0.655. The Morgan fingerprint density at radius 1 is 1.07 bits per heavy atom. The number of anilines is 1. The van der Waals surface area contributed by atoms with E-state index in [2.05, 4.69) is 10.4 Å². The van der Waals surface area contributed by atoms with Crippen molar-refractivity contribution in [2.45, 2.75) is 26.9 Å². The minimum Gasteiger partial charge on any atom is -0.463 e. The highest BCUT2D eigenvalue weighted by Gasteiger charge is 2.16. The van der Waals surface area contributed by atoms with Crippen molar-refractivity contribution in [2.75, 3.05) is 5.32 Å². The second kappa shape index (κ2) is 8.04. The van der Waals surface area contributed by atoms with E-state index in [-0.39, 0.29) is 11.8 Å². The molecule has 1 N–H and O–H groups in total. The molecule has 1 heterocycles. The Morgan fingerprint density at radius 3 is 2.46 bits per heavy atom. The van der Waals surface area contributed by atoms with Crippen molar-refractivity contribution in [1.82, 2.24) is 9.78 Å². The standard InChI is InChI=1S/C21H20FN3O3/c1-13-4-7-17(12-14(13)2)23-21(27)15(3)28-19-10-11-20(26)25(24-19)18-8-5-16(22)6-9-18/h4-12,15H,1-3H3,(H,23,27)/t15-/m1/s1. The summed E-state index contributed by atoms with van der Waals surface area (Å²) in [4.78, 5) is 24.4. The minimum atomic E-state index is -0.840. The first-order chi connectivity index (χ1) is 13.3. The Balaban J connectivity index is 1.74. The van der Waals surface area contributed by atoms with Gasteiger partial charge in [-0.25, -0.2) is 4.39 Å². The number of aryl methyl sites for hydroxylation is 2. The number of hydrogen-bond donors (Lipinski definition) is 1. The smallest absolute Gasteiger partial charge is 0.271 e. The second-order valence-corrected chi connectivity index (χ2v) is 6.45. The van der Waals surface area contributed by atoms with Gasteiger partial charge in [-0.2, -0.15) is 4.68 Å². The van der Waals surface area contributed by atoms with Crippen molar-refractivity contribution in [3.8, 4) is 11.6 Å². The van der Waals surface area contributed by atoms with E-state index in [1.807, 2.05) is 32.0 Å². The summed E-state index contributed by atoms with van der Waals surface area (Å²) in [7, 11) is 0. The van der Waals surface area contributed by atoms with Crippen LogP contribution < -0.4 is 15.6 Å². The van der Waals surface area contributed by atoms with Crippen LogP contribution in [0, 0.1) is 19.7 Å². The van der Waals surface area contributed by atoms with Gasteiger partial charge in [-0.15, -0.1) is 5.10 Å². The van der Waals surface area contributed by atoms with Gasteiger partial charge in [0, 0.05) is 17.8 Å². The lowest BCUT2D eigenvalue weighted by atomic mass is 10.1. The number of ether oxygens (including phenoxy) is 1. The topological polar surface area (TPSA) is 73.2 Å². The van der Waals surface area contributed by atoms with E-state index in [1.165, 1.54) is 36.4 Å². The van der Waals surface area contributed by atoms with Crippen molar-refractivity contribution < 1.29 is 13.9 Å². The number of aromatic nitrogens is 2. The van der Waals surface area contributed by atoms with E-state index in [0.29, 0.717) is 11.4 Å². The third-order valence-corrected chi connectivity index (χ3v) is 4.29. The second-order valence-electron chi connectivity index (χ2n) is 6.45. The van der Waals surface area contributed by atoms with Crippen molar-refractivity contribution in [3.63, 3.8) is 0 Å². The number of amides is 1. The van der Waals surface area contributed by atoms with Crippen LogP contribution in [0.3, 0.4) is 0 Å². The molecular weight excluding hydrogens is 361 g/mol. The number of carbonyl (C=O) groups excluding carboxylic acids is 1. The van der Waals surface area contributed by atoms with Crippen molar-refractivity contribution in [1.29, 1.82) is 0 Å². The van der Waals surface area contributed by atoms with Gasteiger partial charge in [0.15, 0.2) is 6.10 Å². The van der Waals surface area contributed by atoms with Crippen LogP contribution in [-0.2, 0) is 4.79 Å². The summed E-state index contributed by atoms with van der Waals surface area (Å²) in [5.41, 5.74) is 2.87. The zero-order valence-corrected chi connectivity index (χ0v) is 15.8. The largest absolute Gasteiger partial charge is 0.463 e. The first-order valence-electron chi connectivity index (χ1n) is 8.74. The molecule has 7 heteroatoms. The van der Waals surface area contributed by atoms with Crippen LogP contribution in [0.4, 0.5) is 10.1 Å². The van der Waals surface area contributed by atoms with E-state index in [1.54, 1.807) is 6.92 Å². The van der Waals surface area contributed by atoms with Gasteiger partial charge in [0.2, 0.25) is 5.88 Å². The van der Waals surface area contributed by atoms with Crippen LogP contribution in [0.2, 0.25) is 0 Å². The molecule has 0 unspecified atom stereocenters. The predicted molar refractivity (Wildman–Crippen MR) is 104 cm³/mol. The Kier molecular flexibility index (Phi) is 5.54. The fourth-order valence-electron chi connectivity index (χ4n) is 2.52. The molecule has 1 aromatic heterocycles. The van der Waals surface area contributed by atoms with Gasteiger partial charge in [-0.05, 0) is 68.3 Å². The minimum absolute atomic E-state index is 0.103. The van der Waals surface area contributed by atoms with Gasteiger partial charge in [-0.3, -0.25) is 9.59 Å². The van der Waals surface area contributed by atoms with Gasteiger partial charge < -0.3 is 10.1 Å². The third kappa shape index (κ3) is 4.43. The SMILES string of the molecule is Cc1ccc(NC(=O)[C@@H](C)Oc2ccc(=O)n(-c3ccc(F)cc3)n2)cc1C. The summed E-state index contributed by atoms with van der Waals surface area (Å²) < 4.78 is 19.8. The van der Waals surface area contributed by atoms with Crippen LogP contribution >= 0.6 is 0 Å². The number of carbonyl (C=O) groups is 1. The monoisotopic (exact) mass is 381 g/mol. The molecule has 28 heavy (non-hydrogen) atoms. The van der Waals surface area contributed by atoms with E-state index in [9.17, 15) is 14.0 Å². The highest BCUT2D eigenvalue weighted by Crippen LogP contribution is 2.15. The maximum absolute atomic E-state index is 13.1. The third-order valence-electron chi connectivity index (χ3n) is 4.29. The number of nitrogens with zero attached hydrogens (tertiary/aromatic N) is 2. The van der Waals surface area contributed by atoms with E-state index < -0.39 is 17.5 Å². The van der Waals surface area contributed by atoms with Crippen LogP contribution in [0.5, 0.6) is 5.88 Å². The Morgan fingerprint density at radius 2 is 1.79 bits per heavy atom. The lowest BCUT2D eigenvalue weighted by molar-refractivity contribution is -0.122. The zero-order chi connectivity index (χ0) is 20.3. The van der Waals surface area contributed by atoms with E-state index in [4.69, 9.17) is 4.74 Å². The first kappa shape index (κ1) is 19.3. The average molecular weight is 381 g/mol. The fraction of sp³-hybridized carbons (Fsp3) is 0.190. The summed E-state index contributed by atoms with van der Waals surface area (Å²) in [6, 6.07) is 13.6. The average Bonchev–Trinajstić information content (AvgIpc) is 2.67. The maximum Gasteiger partial charge on any atom is 0.271 e. The number of benzene rings is 2. The molecule has 3 rings (SSSR count). The highest BCUT2D eigenvalue weighted by molar-refractivity contribution is 5.94. The summed E-state index contributed by atoms with van der Waals surface area (Å²) in [5, 5.41) is 6.90. The van der Waals surface area contributed by atoms with Crippen LogP contribution in [0.25, 0.3) is 5.69 Å². The van der Waals surface area contributed by atoms with E-state index in [0.717, 1.165) is 15.8 Å². The van der Waals surface area contributed by atoms with Gasteiger partial charge in [0.1, 0.15) is 5.82 Å². The molecule has 0 saturated carbocycles. The molecule has 0 bridgehead atoms. The van der Waals surface area contributed by atoms with Gasteiger partial charge >= 0.3 is 0 Å². The number of halogens is 1. The van der Waals surface area contributed by atoms with Gasteiger partial charge in [-0.1, -0.05) is 6.07 Å². The molecule has 0 aliphatic rings. The number of rotatable bonds is 5. The summed E-state index contributed by atoms with van der Waals surface area (Å²) >= 11 is 0. The quantitative estimate of drug-likeness (QED) is 0.735. The molecule has 0 aliphatic carbocycles. The molecule has 3 aromatic rings. The lowest BCUT2D eigenvalue weighted by Crippen LogP contribution is -2.31. The molecule has 6 nitrogen and oxygen atoms in total. The molecule has 0 aliphatic heterocycles. The maximum atomic E-state index is 13.1. The molecule has 0 spiro atoms. The first-order valence-corrected chi connectivity index (χ1v) is 8.74. The molecule has 0 radical (unpaired) electrons.